The Morgan fingerprint density at radius 3 is 1.90 bits per heavy atom. The van der Waals surface area contributed by atoms with Crippen LogP contribution < -0.4 is 5.32 Å². The molecule has 0 saturated heterocycles. The Morgan fingerprint density at radius 2 is 1.32 bits per heavy atom. The van der Waals surface area contributed by atoms with Gasteiger partial charge in [0.25, 0.3) is 0 Å². The molecule has 0 bridgehead atoms. The fourth-order valence-electron chi connectivity index (χ4n) is 4.68. The highest BCUT2D eigenvalue weighted by molar-refractivity contribution is 5.84. The van der Waals surface area contributed by atoms with Crippen LogP contribution in [0.1, 0.15) is 135 Å². The molecule has 0 radical (unpaired) electrons. The summed E-state index contributed by atoms with van der Waals surface area (Å²) in [5, 5.41) is 12.1. The first kappa shape index (κ1) is 35.6. The Morgan fingerprint density at radius 1 is 0.775 bits per heavy atom. The predicted molar refractivity (Wildman–Crippen MR) is 160 cm³/mol. The van der Waals surface area contributed by atoms with Crippen LogP contribution >= 0.6 is 0 Å². The van der Waals surface area contributed by atoms with Crippen LogP contribution in [0.15, 0.2) is 30.3 Å². The van der Waals surface area contributed by atoms with Crippen LogP contribution in [0.2, 0.25) is 0 Å². The van der Waals surface area contributed by atoms with Crippen molar-refractivity contribution in [2.24, 2.45) is 0 Å². The van der Waals surface area contributed by atoms with Crippen molar-refractivity contribution in [3.05, 3.63) is 35.9 Å². The average molecular weight is 562 g/mol. The maximum atomic E-state index is 12.8. The smallest absolute Gasteiger partial charge is 0.328 e. The standard InChI is InChI=1S/C33H55NO6/c1-3-5-7-9-11-12-13-14-19-23-29(40-32(36)24-20-15-10-8-6-4-2)25-31(35)34-30(33(37)38)27-39-26-28-21-17-16-18-22-28/h16-18,21-22,29-30H,3-15,19-20,23-27H2,1-2H3,(H,34,35)(H,37,38)/t29?,30-/m0/s1. The third-order valence-corrected chi connectivity index (χ3v) is 7.10. The minimum Gasteiger partial charge on any atom is -0.480 e. The molecule has 40 heavy (non-hydrogen) atoms. The lowest BCUT2D eigenvalue weighted by atomic mass is 10.0. The van der Waals surface area contributed by atoms with Gasteiger partial charge in [-0.15, -0.1) is 0 Å². The molecule has 7 nitrogen and oxygen atoms in total. The minimum absolute atomic E-state index is 0.0400. The summed E-state index contributed by atoms with van der Waals surface area (Å²) in [7, 11) is 0. The average Bonchev–Trinajstić information content (AvgIpc) is 2.93. The Labute approximate surface area is 242 Å². The molecule has 1 unspecified atom stereocenters. The van der Waals surface area contributed by atoms with Crippen LogP contribution in [-0.4, -0.2) is 41.7 Å². The molecule has 2 atom stereocenters. The number of aliphatic carboxylic acids is 1. The van der Waals surface area contributed by atoms with E-state index in [1.54, 1.807) is 0 Å². The predicted octanol–water partition coefficient (Wildman–Crippen LogP) is 7.75. The van der Waals surface area contributed by atoms with Crippen LogP contribution in [0.5, 0.6) is 0 Å². The molecule has 0 heterocycles. The van der Waals surface area contributed by atoms with Gasteiger partial charge in [0.15, 0.2) is 6.04 Å². The van der Waals surface area contributed by atoms with Crippen LogP contribution in [0.4, 0.5) is 0 Å². The highest BCUT2D eigenvalue weighted by Gasteiger charge is 2.24. The molecule has 1 amide bonds. The zero-order chi connectivity index (χ0) is 29.3. The lowest BCUT2D eigenvalue weighted by Crippen LogP contribution is -2.45. The highest BCUT2D eigenvalue weighted by Crippen LogP contribution is 2.16. The topological polar surface area (TPSA) is 102 Å². The van der Waals surface area contributed by atoms with Gasteiger partial charge >= 0.3 is 11.9 Å². The van der Waals surface area contributed by atoms with Gasteiger partial charge in [0.2, 0.25) is 5.91 Å². The second-order valence-corrected chi connectivity index (χ2v) is 10.9. The Balaban J connectivity index is 2.51. The Hall–Kier alpha value is -2.41. The number of rotatable bonds is 26. The number of carbonyl (C=O) groups excluding carboxylic acids is 2. The van der Waals surface area contributed by atoms with E-state index in [0.717, 1.165) is 44.1 Å². The summed E-state index contributed by atoms with van der Waals surface area (Å²) in [5.74, 6) is -1.87. The monoisotopic (exact) mass is 561 g/mol. The Bertz CT molecular complexity index is 784. The maximum absolute atomic E-state index is 12.8. The first-order chi connectivity index (χ1) is 19.5. The first-order valence-electron chi connectivity index (χ1n) is 15.8. The summed E-state index contributed by atoms with van der Waals surface area (Å²) in [6.07, 6.45) is 17.5. The number of carboxylic acids is 1. The van der Waals surface area contributed by atoms with Crippen LogP contribution in [-0.2, 0) is 30.5 Å². The van der Waals surface area contributed by atoms with E-state index in [1.807, 2.05) is 30.3 Å². The second kappa shape index (κ2) is 24.4. The molecule has 1 rings (SSSR count). The van der Waals surface area contributed by atoms with E-state index in [4.69, 9.17) is 9.47 Å². The summed E-state index contributed by atoms with van der Waals surface area (Å²) >= 11 is 0. The first-order valence-corrected chi connectivity index (χ1v) is 15.8. The molecule has 0 aliphatic rings. The number of ether oxygens (including phenoxy) is 2. The fourth-order valence-corrected chi connectivity index (χ4v) is 4.68. The van der Waals surface area contributed by atoms with Crippen LogP contribution in [0.3, 0.4) is 0 Å². The van der Waals surface area contributed by atoms with E-state index >= 15 is 0 Å². The third kappa shape index (κ3) is 19.6. The summed E-state index contributed by atoms with van der Waals surface area (Å²) < 4.78 is 11.3. The molecule has 0 aliphatic carbocycles. The van der Waals surface area contributed by atoms with Crippen molar-refractivity contribution in [1.82, 2.24) is 5.32 Å². The lowest BCUT2D eigenvalue weighted by molar-refractivity contribution is -0.152. The van der Waals surface area contributed by atoms with Gasteiger partial charge in [-0.3, -0.25) is 9.59 Å². The van der Waals surface area contributed by atoms with Gasteiger partial charge in [-0.05, 0) is 24.8 Å². The van der Waals surface area contributed by atoms with E-state index in [1.165, 1.54) is 57.8 Å². The summed E-state index contributed by atoms with van der Waals surface area (Å²) in [6.45, 7) is 4.52. The lowest BCUT2D eigenvalue weighted by Gasteiger charge is -2.20. The van der Waals surface area contributed by atoms with Gasteiger partial charge in [-0.2, -0.15) is 0 Å². The van der Waals surface area contributed by atoms with Crippen molar-refractivity contribution >= 4 is 17.8 Å². The number of nitrogens with one attached hydrogen (secondary N) is 1. The number of carboxylic acid groups (broad SMARTS) is 1. The van der Waals surface area contributed by atoms with Gasteiger partial charge in [0, 0.05) is 6.42 Å². The summed E-state index contributed by atoms with van der Waals surface area (Å²) in [6, 6.07) is 8.29. The highest BCUT2D eigenvalue weighted by atomic mass is 16.5. The molecule has 0 saturated carbocycles. The van der Waals surface area contributed by atoms with E-state index in [-0.39, 0.29) is 25.6 Å². The zero-order valence-electron chi connectivity index (χ0n) is 25.2. The molecule has 0 spiro atoms. The van der Waals surface area contributed by atoms with Crippen molar-refractivity contribution in [3.8, 4) is 0 Å². The second-order valence-electron chi connectivity index (χ2n) is 10.9. The van der Waals surface area contributed by atoms with E-state index < -0.39 is 24.0 Å². The third-order valence-electron chi connectivity index (χ3n) is 7.10. The fraction of sp³-hybridized carbons (Fsp3) is 0.727. The number of amides is 1. The number of hydrogen-bond donors (Lipinski definition) is 2. The number of benzene rings is 1. The molecule has 1 aromatic carbocycles. The van der Waals surface area contributed by atoms with Crippen molar-refractivity contribution in [2.45, 2.75) is 148 Å². The van der Waals surface area contributed by atoms with Crippen LogP contribution in [0.25, 0.3) is 0 Å². The quantitative estimate of drug-likeness (QED) is 0.0886. The van der Waals surface area contributed by atoms with Gasteiger partial charge in [-0.25, -0.2) is 4.79 Å². The molecule has 2 N–H and O–H groups in total. The molecular weight excluding hydrogens is 506 g/mol. The van der Waals surface area contributed by atoms with E-state index in [2.05, 4.69) is 19.2 Å². The molecular formula is C33H55NO6. The van der Waals surface area contributed by atoms with E-state index in [9.17, 15) is 19.5 Å². The number of carbonyl (C=O) groups is 3. The number of unbranched alkanes of at least 4 members (excludes halogenated alkanes) is 13. The van der Waals surface area contributed by atoms with Crippen LogP contribution in [0, 0.1) is 0 Å². The van der Waals surface area contributed by atoms with Gasteiger partial charge in [0.05, 0.1) is 19.6 Å². The van der Waals surface area contributed by atoms with E-state index in [0.29, 0.717) is 12.8 Å². The number of esters is 1. The normalized spacial score (nSPS) is 12.6. The number of hydrogen-bond acceptors (Lipinski definition) is 5. The summed E-state index contributed by atoms with van der Waals surface area (Å²) in [4.78, 5) is 37.0. The van der Waals surface area contributed by atoms with Crippen molar-refractivity contribution in [2.75, 3.05) is 6.61 Å². The molecule has 228 valence electrons. The minimum atomic E-state index is -1.16. The molecule has 0 aromatic heterocycles. The molecule has 1 aromatic rings. The molecule has 7 heteroatoms. The van der Waals surface area contributed by atoms with Crippen molar-refractivity contribution in [1.29, 1.82) is 0 Å². The van der Waals surface area contributed by atoms with Gasteiger partial charge in [-0.1, -0.05) is 128 Å². The molecule has 0 aliphatic heterocycles. The SMILES string of the molecule is CCCCCCCCCCCC(CC(=O)N[C@@H](COCc1ccccc1)C(=O)O)OC(=O)CCCCCCCC. The van der Waals surface area contributed by atoms with Gasteiger partial charge in [0.1, 0.15) is 6.10 Å². The maximum Gasteiger partial charge on any atom is 0.328 e. The largest absolute Gasteiger partial charge is 0.480 e. The van der Waals surface area contributed by atoms with Crippen molar-refractivity contribution < 1.29 is 29.0 Å². The molecule has 0 fully saturated rings. The van der Waals surface area contributed by atoms with Crippen molar-refractivity contribution in [3.63, 3.8) is 0 Å². The Kier molecular flexibility index (Phi) is 21.7. The van der Waals surface area contributed by atoms with Gasteiger partial charge < -0.3 is 19.9 Å². The zero-order valence-corrected chi connectivity index (χ0v) is 25.2. The summed E-state index contributed by atoms with van der Waals surface area (Å²) in [5.41, 5.74) is 0.927.